The van der Waals surface area contributed by atoms with Crippen LogP contribution in [0.4, 0.5) is 0 Å². The van der Waals surface area contributed by atoms with Crippen molar-refractivity contribution in [3.8, 4) is 11.5 Å². The number of imidazole rings is 1. The number of hydrogen-bond donors (Lipinski definition) is 1. The van der Waals surface area contributed by atoms with Crippen LogP contribution in [0.5, 0.6) is 11.5 Å². The molecule has 0 saturated heterocycles. The lowest BCUT2D eigenvalue weighted by molar-refractivity contribution is 0.0704. The molecular formula is C25H23N3O4. The number of methoxy groups -OCH3 is 2. The van der Waals surface area contributed by atoms with E-state index in [4.69, 9.17) is 9.47 Å². The number of nitrogens with one attached hydrogen (secondary N) is 1. The van der Waals surface area contributed by atoms with Gasteiger partial charge < -0.3 is 19.4 Å². The highest BCUT2D eigenvalue weighted by Crippen LogP contribution is 2.36. The van der Waals surface area contributed by atoms with Crippen molar-refractivity contribution in [3.05, 3.63) is 93.9 Å². The van der Waals surface area contributed by atoms with Crippen LogP contribution < -0.4 is 15.2 Å². The van der Waals surface area contributed by atoms with Crippen molar-refractivity contribution in [2.24, 2.45) is 0 Å². The first-order valence-electron chi connectivity index (χ1n) is 10.4. The van der Waals surface area contributed by atoms with Crippen LogP contribution in [0.25, 0.3) is 11.0 Å². The normalized spacial score (nSPS) is 15.2. The third kappa shape index (κ3) is 3.13. The number of ether oxygens (including phenoxy) is 2. The fraction of sp³-hybridized carbons (Fsp3) is 0.200. The molecule has 0 fully saturated rings. The van der Waals surface area contributed by atoms with Crippen LogP contribution in [0.3, 0.4) is 0 Å². The molecule has 0 spiro atoms. The molecule has 0 bridgehead atoms. The molecule has 2 heterocycles. The third-order valence-electron chi connectivity index (χ3n) is 5.98. The molecule has 7 heteroatoms. The van der Waals surface area contributed by atoms with Gasteiger partial charge in [-0.2, -0.15) is 0 Å². The maximum atomic E-state index is 13.4. The van der Waals surface area contributed by atoms with Crippen LogP contribution in [0.15, 0.2) is 71.5 Å². The molecule has 3 aromatic carbocycles. The standard InChI is InChI=1S/C25H23N3O4/c1-31-21-12-11-16(15-22(21)32-2)13-14-27-23(17-7-3-4-8-18(17)24(27)29)28-20-10-6-5-9-19(20)26-25(28)30/h3-12,15,23H,13-14H2,1-2H3,(H,26,30). The Morgan fingerprint density at radius 1 is 0.906 bits per heavy atom. The van der Waals surface area contributed by atoms with E-state index in [1.165, 1.54) is 0 Å². The van der Waals surface area contributed by atoms with Gasteiger partial charge in [-0.15, -0.1) is 0 Å². The predicted molar refractivity (Wildman–Crippen MR) is 121 cm³/mol. The van der Waals surface area contributed by atoms with Crippen LogP contribution >= 0.6 is 0 Å². The van der Waals surface area contributed by atoms with E-state index in [1.54, 1.807) is 23.7 Å². The van der Waals surface area contributed by atoms with Gasteiger partial charge in [-0.05, 0) is 42.3 Å². The lowest BCUT2D eigenvalue weighted by Gasteiger charge is -2.26. The molecule has 32 heavy (non-hydrogen) atoms. The van der Waals surface area contributed by atoms with Gasteiger partial charge in [-0.1, -0.05) is 36.4 Å². The van der Waals surface area contributed by atoms with E-state index in [9.17, 15) is 9.59 Å². The minimum Gasteiger partial charge on any atom is -0.493 e. The average Bonchev–Trinajstić information content (AvgIpc) is 3.30. The minimum atomic E-state index is -0.512. The van der Waals surface area contributed by atoms with Crippen molar-refractivity contribution in [1.29, 1.82) is 0 Å². The Morgan fingerprint density at radius 2 is 1.66 bits per heavy atom. The predicted octanol–water partition coefficient (Wildman–Crippen LogP) is 3.59. The Labute approximate surface area is 184 Å². The quantitative estimate of drug-likeness (QED) is 0.508. The summed E-state index contributed by atoms with van der Waals surface area (Å²) in [6, 6.07) is 20.8. The Morgan fingerprint density at radius 3 is 2.47 bits per heavy atom. The third-order valence-corrected chi connectivity index (χ3v) is 5.98. The number of para-hydroxylation sites is 2. The summed E-state index contributed by atoms with van der Waals surface area (Å²) < 4.78 is 12.4. The Hall–Kier alpha value is -4.00. The number of aromatic nitrogens is 2. The maximum absolute atomic E-state index is 13.4. The summed E-state index contributed by atoms with van der Waals surface area (Å²) in [7, 11) is 3.20. The van der Waals surface area contributed by atoms with Gasteiger partial charge in [-0.25, -0.2) is 4.79 Å². The molecule has 162 valence electrons. The van der Waals surface area contributed by atoms with E-state index in [0.29, 0.717) is 30.0 Å². The highest BCUT2D eigenvalue weighted by molar-refractivity contribution is 5.99. The lowest BCUT2D eigenvalue weighted by Crippen LogP contribution is -2.37. The lowest BCUT2D eigenvalue weighted by atomic mass is 10.1. The number of hydrogen-bond acceptors (Lipinski definition) is 4. The first-order valence-corrected chi connectivity index (χ1v) is 10.4. The van der Waals surface area contributed by atoms with E-state index in [2.05, 4.69) is 4.98 Å². The molecular weight excluding hydrogens is 406 g/mol. The van der Waals surface area contributed by atoms with Crippen LogP contribution in [-0.2, 0) is 6.42 Å². The van der Waals surface area contributed by atoms with Gasteiger partial charge in [0.25, 0.3) is 5.91 Å². The first kappa shape index (κ1) is 19.9. The molecule has 4 aromatic rings. The van der Waals surface area contributed by atoms with E-state index >= 15 is 0 Å². The summed E-state index contributed by atoms with van der Waals surface area (Å²) in [6.45, 7) is 0.444. The number of nitrogens with zero attached hydrogens (tertiary/aromatic N) is 2. The fourth-order valence-electron chi connectivity index (χ4n) is 4.46. The van der Waals surface area contributed by atoms with Crippen molar-refractivity contribution in [2.45, 2.75) is 12.6 Å². The summed E-state index contributed by atoms with van der Waals surface area (Å²) in [6.07, 6.45) is 0.0933. The van der Waals surface area contributed by atoms with Crippen LogP contribution in [0, 0.1) is 0 Å². The summed E-state index contributed by atoms with van der Waals surface area (Å²) >= 11 is 0. The van der Waals surface area contributed by atoms with Gasteiger partial charge in [0, 0.05) is 17.7 Å². The number of rotatable bonds is 6. The van der Waals surface area contributed by atoms with E-state index in [0.717, 1.165) is 22.2 Å². The number of benzene rings is 3. The summed E-state index contributed by atoms with van der Waals surface area (Å²) in [5.41, 5.74) is 3.74. The van der Waals surface area contributed by atoms with Crippen molar-refractivity contribution in [2.75, 3.05) is 20.8 Å². The van der Waals surface area contributed by atoms with Crippen molar-refractivity contribution < 1.29 is 14.3 Å². The molecule has 7 nitrogen and oxygen atoms in total. The molecule has 1 unspecified atom stereocenters. The molecule has 0 radical (unpaired) electrons. The van der Waals surface area contributed by atoms with Gasteiger partial charge in [0.15, 0.2) is 11.5 Å². The minimum absolute atomic E-state index is 0.0803. The zero-order valence-electron chi connectivity index (χ0n) is 17.9. The van der Waals surface area contributed by atoms with Gasteiger partial charge in [0.2, 0.25) is 0 Å². The van der Waals surface area contributed by atoms with Gasteiger partial charge in [0.05, 0.1) is 25.3 Å². The number of amides is 1. The second-order valence-corrected chi connectivity index (χ2v) is 7.72. The van der Waals surface area contributed by atoms with E-state index < -0.39 is 6.17 Å². The second-order valence-electron chi connectivity index (χ2n) is 7.72. The number of H-pyrrole nitrogens is 1. The maximum Gasteiger partial charge on any atom is 0.328 e. The first-order chi connectivity index (χ1) is 15.6. The highest BCUT2D eigenvalue weighted by Gasteiger charge is 2.38. The van der Waals surface area contributed by atoms with Gasteiger partial charge in [0.1, 0.15) is 6.17 Å². The van der Waals surface area contributed by atoms with Gasteiger partial charge in [-0.3, -0.25) is 9.36 Å². The molecule has 1 amide bonds. The highest BCUT2D eigenvalue weighted by atomic mass is 16.5. The number of carbonyl (C=O) groups is 1. The largest absolute Gasteiger partial charge is 0.493 e. The van der Waals surface area contributed by atoms with Crippen LogP contribution in [0.1, 0.15) is 27.7 Å². The number of carbonyl (C=O) groups excluding carboxylic acids is 1. The summed E-state index contributed by atoms with van der Waals surface area (Å²) in [4.78, 5) is 31.0. The van der Waals surface area contributed by atoms with E-state index in [1.807, 2.05) is 66.7 Å². The van der Waals surface area contributed by atoms with E-state index in [-0.39, 0.29) is 11.6 Å². The Balaban J connectivity index is 1.54. The summed E-state index contributed by atoms with van der Waals surface area (Å²) in [5, 5.41) is 0. The Bertz CT molecular complexity index is 1370. The average molecular weight is 429 g/mol. The van der Waals surface area contributed by atoms with Crippen molar-refractivity contribution in [3.63, 3.8) is 0 Å². The van der Waals surface area contributed by atoms with Gasteiger partial charge >= 0.3 is 5.69 Å². The summed E-state index contributed by atoms with van der Waals surface area (Å²) in [5.74, 6) is 1.22. The molecule has 0 aliphatic carbocycles. The topological polar surface area (TPSA) is 76.6 Å². The molecule has 0 saturated carbocycles. The number of fused-ring (bicyclic) bond motifs is 2. The zero-order chi connectivity index (χ0) is 22.2. The van der Waals surface area contributed by atoms with Crippen LogP contribution in [-0.4, -0.2) is 41.1 Å². The molecule has 1 aliphatic heterocycles. The fourth-order valence-corrected chi connectivity index (χ4v) is 4.46. The molecule has 1 N–H and O–H groups in total. The molecule has 1 aliphatic rings. The molecule has 1 aromatic heterocycles. The van der Waals surface area contributed by atoms with Crippen LogP contribution in [0.2, 0.25) is 0 Å². The zero-order valence-corrected chi connectivity index (χ0v) is 17.9. The Kier molecular flexibility index (Phi) is 4.93. The number of aromatic amines is 1. The molecule has 5 rings (SSSR count). The SMILES string of the molecule is COc1ccc(CCN2C(=O)c3ccccc3C2n2c(=O)[nH]c3ccccc32)cc1OC. The smallest absolute Gasteiger partial charge is 0.328 e. The monoisotopic (exact) mass is 429 g/mol. The van der Waals surface area contributed by atoms with Crippen molar-refractivity contribution in [1.82, 2.24) is 14.5 Å². The van der Waals surface area contributed by atoms with Crippen molar-refractivity contribution >= 4 is 16.9 Å². The second kappa shape index (κ2) is 7.92. The molecule has 1 atom stereocenters.